The van der Waals surface area contributed by atoms with Crippen LogP contribution in [0, 0.1) is 5.92 Å². The van der Waals surface area contributed by atoms with E-state index in [1.165, 1.54) is 12.8 Å². The van der Waals surface area contributed by atoms with E-state index in [2.05, 4.69) is 5.32 Å². The predicted molar refractivity (Wildman–Crippen MR) is 81.2 cm³/mol. The van der Waals surface area contributed by atoms with Crippen LogP contribution in [0.1, 0.15) is 64.7 Å². The van der Waals surface area contributed by atoms with Crippen LogP contribution in [0.2, 0.25) is 0 Å². The molecule has 2 aliphatic rings. The van der Waals surface area contributed by atoms with Crippen LogP contribution in [0.3, 0.4) is 0 Å². The van der Waals surface area contributed by atoms with Crippen molar-refractivity contribution in [2.75, 3.05) is 13.1 Å². The van der Waals surface area contributed by atoms with Gasteiger partial charge in [0.15, 0.2) is 0 Å². The maximum Gasteiger partial charge on any atom is 0.329 e. The Labute approximate surface area is 127 Å². The van der Waals surface area contributed by atoms with Gasteiger partial charge in [-0.2, -0.15) is 0 Å². The van der Waals surface area contributed by atoms with Crippen molar-refractivity contribution >= 4 is 12.0 Å². The molecule has 5 heteroatoms. The Morgan fingerprint density at radius 1 is 1.19 bits per heavy atom. The molecule has 2 rings (SSSR count). The lowest BCUT2D eigenvalue weighted by atomic mass is 9.90. The quantitative estimate of drug-likeness (QED) is 0.740. The summed E-state index contributed by atoms with van der Waals surface area (Å²) in [5.74, 6) is -0.252. The number of carboxylic acids is 1. The zero-order valence-corrected chi connectivity index (χ0v) is 13.1. The summed E-state index contributed by atoms with van der Waals surface area (Å²) in [5, 5.41) is 12.5. The van der Waals surface area contributed by atoms with E-state index in [4.69, 9.17) is 0 Å². The van der Waals surface area contributed by atoms with Crippen LogP contribution >= 0.6 is 0 Å². The van der Waals surface area contributed by atoms with E-state index in [1.807, 2.05) is 11.8 Å². The summed E-state index contributed by atoms with van der Waals surface area (Å²) in [5.41, 5.74) is -1.05. The summed E-state index contributed by atoms with van der Waals surface area (Å²) in [6.07, 6.45) is 8.27. The van der Waals surface area contributed by atoms with Crippen molar-refractivity contribution in [2.24, 2.45) is 5.92 Å². The van der Waals surface area contributed by atoms with Gasteiger partial charge in [0.25, 0.3) is 0 Å². The Balaban J connectivity index is 2.02. The van der Waals surface area contributed by atoms with E-state index in [9.17, 15) is 14.7 Å². The molecule has 0 aliphatic heterocycles. The number of rotatable bonds is 6. The van der Waals surface area contributed by atoms with Crippen LogP contribution in [0.4, 0.5) is 4.79 Å². The zero-order valence-electron chi connectivity index (χ0n) is 13.1. The smallest absolute Gasteiger partial charge is 0.329 e. The molecular formula is C16H28N2O3. The van der Waals surface area contributed by atoms with Crippen molar-refractivity contribution < 1.29 is 14.7 Å². The highest BCUT2D eigenvalue weighted by molar-refractivity contribution is 5.86. The van der Waals surface area contributed by atoms with Crippen LogP contribution in [0.15, 0.2) is 0 Å². The van der Waals surface area contributed by atoms with E-state index in [1.54, 1.807) is 0 Å². The van der Waals surface area contributed by atoms with Gasteiger partial charge in [0.2, 0.25) is 0 Å². The van der Waals surface area contributed by atoms with Crippen molar-refractivity contribution in [2.45, 2.75) is 70.3 Å². The van der Waals surface area contributed by atoms with Crippen molar-refractivity contribution in [1.82, 2.24) is 10.2 Å². The topological polar surface area (TPSA) is 69.6 Å². The van der Waals surface area contributed by atoms with Crippen LogP contribution in [-0.4, -0.2) is 40.6 Å². The Morgan fingerprint density at radius 3 is 2.29 bits per heavy atom. The van der Waals surface area contributed by atoms with Gasteiger partial charge in [-0.25, -0.2) is 9.59 Å². The third kappa shape index (κ3) is 4.35. The molecule has 0 atom stereocenters. The van der Waals surface area contributed by atoms with Crippen molar-refractivity contribution in [3.05, 3.63) is 0 Å². The molecule has 120 valence electrons. The number of nitrogens with zero attached hydrogens (tertiary/aromatic N) is 1. The number of carboxylic acid groups (broad SMARTS) is 1. The molecule has 0 saturated heterocycles. The van der Waals surface area contributed by atoms with Gasteiger partial charge in [-0.05, 0) is 38.0 Å². The minimum absolute atomic E-state index is 0.187. The molecule has 0 radical (unpaired) electrons. The normalized spacial score (nSPS) is 21.4. The summed E-state index contributed by atoms with van der Waals surface area (Å²) in [7, 11) is 0. The summed E-state index contributed by atoms with van der Waals surface area (Å²) in [6.45, 7) is 3.53. The molecule has 0 aromatic heterocycles. The number of hydrogen-bond donors (Lipinski definition) is 2. The van der Waals surface area contributed by atoms with Gasteiger partial charge in [0.1, 0.15) is 5.54 Å². The van der Waals surface area contributed by atoms with E-state index in [-0.39, 0.29) is 6.03 Å². The molecule has 0 spiro atoms. The molecule has 2 aliphatic carbocycles. The molecule has 21 heavy (non-hydrogen) atoms. The second-order valence-electron chi connectivity index (χ2n) is 6.62. The lowest BCUT2D eigenvalue weighted by Crippen LogP contribution is -2.58. The molecule has 2 fully saturated rings. The molecule has 0 aromatic rings. The van der Waals surface area contributed by atoms with E-state index in [0.717, 1.165) is 38.6 Å². The number of carbonyl (C=O) groups is 2. The minimum atomic E-state index is -1.05. The summed E-state index contributed by atoms with van der Waals surface area (Å²) in [4.78, 5) is 26.1. The predicted octanol–water partition coefficient (Wildman–Crippen LogP) is 3.00. The van der Waals surface area contributed by atoms with Crippen molar-refractivity contribution in [1.29, 1.82) is 0 Å². The van der Waals surface area contributed by atoms with Gasteiger partial charge in [-0.1, -0.05) is 32.6 Å². The number of aliphatic carboxylic acids is 1. The summed E-state index contributed by atoms with van der Waals surface area (Å²) >= 11 is 0. The Bertz CT molecular complexity index is 372. The van der Waals surface area contributed by atoms with Crippen LogP contribution in [0.25, 0.3) is 0 Å². The first-order chi connectivity index (χ1) is 10.1. The number of urea groups is 1. The van der Waals surface area contributed by atoms with Gasteiger partial charge < -0.3 is 15.3 Å². The largest absolute Gasteiger partial charge is 0.480 e. The fourth-order valence-electron chi connectivity index (χ4n) is 3.17. The second-order valence-corrected chi connectivity index (χ2v) is 6.62. The standard InChI is InChI=1S/C16H28N2O3/c1-2-11-18(12-13-7-8-13)15(21)17-16(14(19)20)9-5-3-4-6-10-16/h13H,2-12H2,1H3,(H,17,21)(H,19,20). The highest BCUT2D eigenvalue weighted by Gasteiger charge is 2.41. The molecule has 5 nitrogen and oxygen atoms in total. The van der Waals surface area contributed by atoms with E-state index in [0.29, 0.717) is 25.3 Å². The zero-order chi connectivity index (χ0) is 15.3. The van der Waals surface area contributed by atoms with Gasteiger partial charge >= 0.3 is 12.0 Å². The monoisotopic (exact) mass is 296 g/mol. The number of amides is 2. The molecule has 0 unspecified atom stereocenters. The average molecular weight is 296 g/mol. The SMILES string of the molecule is CCCN(CC1CC1)C(=O)NC1(C(=O)O)CCCCCC1. The third-order valence-electron chi connectivity index (χ3n) is 4.67. The van der Waals surface area contributed by atoms with Crippen molar-refractivity contribution in [3.8, 4) is 0 Å². The molecule has 2 amide bonds. The molecule has 2 saturated carbocycles. The lowest BCUT2D eigenvalue weighted by Gasteiger charge is -2.33. The highest BCUT2D eigenvalue weighted by atomic mass is 16.4. The van der Waals surface area contributed by atoms with Crippen LogP contribution in [-0.2, 0) is 4.79 Å². The average Bonchev–Trinajstić information content (AvgIpc) is 3.25. The lowest BCUT2D eigenvalue weighted by molar-refractivity contribution is -0.145. The number of nitrogens with one attached hydrogen (secondary N) is 1. The summed E-state index contributed by atoms with van der Waals surface area (Å²) in [6, 6.07) is -0.187. The number of carbonyl (C=O) groups excluding carboxylic acids is 1. The fraction of sp³-hybridized carbons (Fsp3) is 0.875. The van der Waals surface area contributed by atoms with Crippen LogP contribution < -0.4 is 5.32 Å². The first-order valence-electron chi connectivity index (χ1n) is 8.38. The van der Waals surface area contributed by atoms with Gasteiger partial charge in [0.05, 0.1) is 0 Å². The molecular weight excluding hydrogens is 268 g/mol. The van der Waals surface area contributed by atoms with Gasteiger partial charge in [0, 0.05) is 13.1 Å². The van der Waals surface area contributed by atoms with Crippen LogP contribution in [0.5, 0.6) is 0 Å². The third-order valence-corrected chi connectivity index (χ3v) is 4.67. The molecule has 0 heterocycles. The first-order valence-corrected chi connectivity index (χ1v) is 8.38. The minimum Gasteiger partial charge on any atom is -0.480 e. The van der Waals surface area contributed by atoms with Crippen molar-refractivity contribution in [3.63, 3.8) is 0 Å². The molecule has 2 N–H and O–H groups in total. The second kappa shape index (κ2) is 7.14. The fourth-order valence-corrected chi connectivity index (χ4v) is 3.17. The summed E-state index contributed by atoms with van der Waals surface area (Å²) < 4.78 is 0. The maximum atomic E-state index is 12.5. The molecule has 0 aromatic carbocycles. The Kier molecular flexibility index (Phi) is 5.48. The van der Waals surface area contributed by atoms with E-state index >= 15 is 0 Å². The number of hydrogen-bond acceptors (Lipinski definition) is 2. The Hall–Kier alpha value is -1.26. The highest BCUT2D eigenvalue weighted by Crippen LogP contribution is 2.31. The van der Waals surface area contributed by atoms with E-state index < -0.39 is 11.5 Å². The Morgan fingerprint density at radius 2 is 1.81 bits per heavy atom. The van der Waals surface area contributed by atoms with Gasteiger partial charge in [-0.15, -0.1) is 0 Å². The van der Waals surface area contributed by atoms with Gasteiger partial charge in [-0.3, -0.25) is 0 Å². The maximum absolute atomic E-state index is 12.5. The molecule has 0 bridgehead atoms. The first kappa shape index (κ1) is 16.1.